The minimum Gasteiger partial charge on any atom is -0.330 e. The molecule has 1 saturated carbocycles. The van der Waals surface area contributed by atoms with Gasteiger partial charge in [0.2, 0.25) is 11.7 Å². The Morgan fingerprint density at radius 3 is 2.66 bits per heavy atom. The maximum atomic E-state index is 13.1. The molecule has 32 heavy (non-hydrogen) atoms. The highest BCUT2D eigenvalue weighted by molar-refractivity contribution is 7.99. The van der Waals surface area contributed by atoms with E-state index in [1.807, 2.05) is 6.92 Å². The van der Waals surface area contributed by atoms with Crippen molar-refractivity contribution < 1.29 is 18.0 Å². The van der Waals surface area contributed by atoms with Gasteiger partial charge < -0.3 is 4.90 Å². The molecule has 0 saturated heterocycles. The maximum Gasteiger partial charge on any atom is 0.406 e. The Morgan fingerprint density at radius 2 is 2.00 bits per heavy atom. The van der Waals surface area contributed by atoms with Crippen molar-refractivity contribution in [2.45, 2.75) is 57.0 Å². The van der Waals surface area contributed by atoms with Crippen molar-refractivity contribution in [2.24, 2.45) is 5.92 Å². The summed E-state index contributed by atoms with van der Waals surface area (Å²) in [5.74, 6) is -0.318. The summed E-state index contributed by atoms with van der Waals surface area (Å²) in [4.78, 5) is 26.6. The van der Waals surface area contributed by atoms with Gasteiger partial charge in [-0.05, 0) is 44.2 Å². The molecule has 1 atom stereocenters. The zero-order valence-corrected chi connectivity index (χ0v) is 18.6. The van der Waals surface area contributed by atoms with E-state index in [1.165, 1.54) is 4.57 Å². The first kappa shape index (κ1) is 22.6. The number of carbonyl (C=O) groups excluding carboxylic acids is 1. The molecule has 2 aromatic heterocycles. The van der Waals surface area contributed by atoms with Crippen molar-refractivity contribution in [1.82, 2.24) is 24.1 Å². The van der Waals surface area contributed by atoms with E-state index in [4.69, 9.17) is 0 Å². The SMILES string of the molecule is CCCn1c(=O)c2ccccc2n2c(SCC(=O)N(CC(F)(F)F)C(C)C3CC3)nnc12. The molecule has 0 bridgehead atoms. The van der Waals surface area contributed by atoms with Gasteiger partial charge in [0.25, 0.3) is 5.56 Å². The summed E-state index contributed by atoms with van der Waals surface area (Å²) in [6.07, 6.45) is -2.07. The highest BCUT2D eigenvalue weighted by Gasteiger charge is 2.40. The number of halogens is 3. The summed E-state index contributed by atoms with van der Waals surface area (Å²) in [7, 11) is 0. The third-order valence-electron chi connectivity index (χ3n) is 5.72. The van der Waals surface area contributed by atoms with Gasteiger partial charge in [0.15, 0.2) is 5.16 Å². The van der Waals surface area contributed by atoms with E-state index in [0.29, 0.717) is 34.8 Å². The van der Waals surface area contributed by atoms with E-state index >= 15 is 0 Å². The van der Waals surface area contributed by atoms with Gasteiger partial charge in [0.05, 0.1) is 16.7 Å². The Kier molecular flexibility index (Phi) is 6.19. The first-order valence-electron chi connectivity index (χ1n) is 10.6. The second-order valence-corrected chi connectivity index (χ2v) is 9.04. The quantitative estimate of drug-likeness (QED) is 0.472. The normalized spacial score (nSPS) is 15.4. The second kappa shape index (κ2) is 8.76. The molecule has 1 amide bonds. The van der Waals surface area contributed by atoms with Crippen LogP contribution >= 0.6 is 11.8 Å². The molecule has 172 valence electrons. The molecule has 11 heteroatoms. The zero-order valence-electron chi connectivity index (χ0n) is 17.8. The Morgan fingerprint density at radius 1 is 1.28 bits per heavy atom. The first-order valence-corrected chi connectivity index (χ1v) is 11.6. The van der Waals surface area contributed by atoms with Crippen LogP contribution in [0, 0.1) is 5.92 Å². The van der Waals surface area contributed by atoms with E-state index in [0.717, 1.165) is 29.5 Å². The first-order chi connectivity index (χ1) is 15.2. The molecule has 0 N–H and O–H groups in total. The van der Waals surface area contributed by atoms with Gasteiger partial charge in [-0.15, -0.1) is 10.2 Å². The van der Waals surface area contributed by atoms with Gasteiger partial charge in [0, 0.05) is 12.6 Å². The van der Waals surface area contributed by atoms with Crippen molar-refractivity contribution in [2.75, 3.05) is 12.3 Å². The Bertz CT molecular complexity index is 1200. The second-order valence-electron chi connectivity index (χ2n) is 8.10. The number of rotatable bonds is 8. The fraction of sp³-hybridized carbons (Fsp3) is 0.524. The minimum atomic E-state index is -4.46. The smallest absolute Gasteiger partial charge is 0.330 e. The Labute approximate surface area is 186 Å². The van der Waals surface area contributed by atoms with Crippen molar-refractivity contribution in [3.05, 3.63) is 34.6 Å². The fourth-order valence-corrected chi connectivity index (χ4v) is 4.77. The van der Waals surface area contributed by atoms with Crippen molar-refractivity contribution >= 4 is 34.3 Å². The number of aryl methyl sites for hydroxylation is 1. The molecule has 1 aliphatic carbocycles. The van der Waals surface area contributed by atoms with Crippen LogP contribution in [0.2, 0.25) is 0 Å². The van der Waals surface area contributed by atoms with Crippen molar-refractivity contribution in [1.29, 1.82) is 0 Å². The number of hydrogen-bond acceptors (Lipinski definition) is 5. The van der Waals surface area contributed by atoms with E-state index in [1.54, 1.807) is 35.6 Å². The third-order valence-corrected chi connectivity index (χ3v) is 6.63. The lowest BCUT2D eigenvalue weighted by molar-refractivity contribution is -0.164. The predicted molar refractivity (Wildman–Crippen MR) is 116 cm³/mol. The van der Waals surface area contributed by atoms with Gasteiger partial charge in [0.1, 0.15) is 6.54 Å². The third kappa shape index (κ3) is 4.48. The van der Waals surface area contributed by atoms with E-state index in [9.17, 15) is 22.8 Å². The number of aromatic nitrogens is 4. The number of alkyl halides is 3. The lowest BCUT2D eigenvalue weighted by Gasteiger charge is -2.30. The molecule has 0 spiro atoms. The fourth-order valence-electron chi connectivity index (χ4n) is 3.95. The van der Waals surface area contributed by atoms with Crippen LogP contribution in [0.4, 0.5) is 13.2 Å². The molecule has 1 unspecified atom stereocenters. The van der Waals surface area contributed by atoms with Crippen molar-refractivity contribution in [3.63, 3.8) is 0 Å². The monoisotopic (exact) mass is 467 g/mol. The van der Waals surface area contributed by atoms with Crippen LogP contribution in [0.3, 0.4) is 0 Å². The number of amides is 1. The van der Waals surface area contributed by atoms with Crippen LogP contribution in [0.25, 0.3) is 16.7 Å². The van der Waals surface area contributed by atoms with Crippen LogP contribution in [-0.2, 0) is 11.3 Å². The van der Waals surface area contributed by atoms with E-state index in [2.05, 4.69) is 10.2 Å². The number of thioether (sulfide) groups is 1. The Balaban J connectivity index is 1.66. The van der Waals surface area contributed by atoms with Crippen LogP contribution < -0.4 is 5.56 Å². The maximum absolute atomic E-state index is 13.1. The highest BCUT2D eigenvalue weighted by atomic mass is 32.2. The lowest BCUT2D eigenvalue weighted by Crippen LogP contribution is -2.46. The number of benzene rings is 1. The summed E-state index contributed by atoms with van der Waals surface area (Å²) in [5.41, 5.74) is 0.419. The summed E-state index contributed by atoms with van der Waals surface area (Å²) < 4.78 is 42.5. The number of hydrogen-bond donors (Lipinski definition) is 0. The van der Waals surface area contributed by atoms with Crippen molar-refractivity contribution in [3.8, 4) is 0 Å². The molecule has 1 aromatic carbocycles. The molecule has 0 aliphatic heterocycles. The highest BCUT2D eigenvalue weighted by Crippen LogP contribution is 2.36. The molecule has 1 fully saturated rings. The summed E-state index contributed by atoms with van der Waals surface area (Å²) in [6, 6.07) is 6.57. The standard InChI is InChI=1S/C21H24F3N5O2S/c1-3-10-27-18(31)15-6-4-5-7-16(15)29-19(27)25-26-20(29)32-11-17(30)28(12-21(22,23)24)13(2)14-8-9-14/h4-7,13-14H,3,8-12H2,1-2H3. The number of carbonyl (C=O) groups is 1. The molecule has 1 aliphatic rings. The van der Waals surface area contributed by atoms with Gasteiger partial charge in [-0.2, -0.15) is 13.2 Å². The topological polar surface area (TPSA) is 72.5 Å². The van der Waals surface area contributed by atoms with E-state index in [-0.39, 0.29) is 17.2 Å². The van der Waals surface area contributed by atoms with Crippen LogP contribution in [0.15, 0.2) is 34.2 Å². The molecule has 4 rings (SSSR count). The average Bonchev–Trinajstić information content (AvgIpc) is 3.52. The largest absolute Gasteiger partial charge is 0.406 e. The minimum absolute atomic E-state index is 0.118. The zero-order chi connectivity index (χ0) is 23.0. The van der Waals surface area contributed by atoms with E-state index < -0.39 is 24.7 Å². The summed E-state index contributed by atoms with van der Waals surface area (Å²) >= 11 is 1.03. The summed E-state index contributed by atoms with van der Waals surface area (Å²) in [5, 5.41) is 9.15. The van der Waals surface area contributed by atoms with Crippen LogP contribution in [-0.4, -0.2) is 54.5 Å². The molecule has 2 heterocycles. The molecule has 0 radical (unpaired) electrons. The number of para-hydroxylation sites is 1. The molecule has 3 aromatic rings. The Hall–Kier alpha value is -2.56. The lowest BCUT2D eigenvalue weighted by atomic mass is 10.2. The molecular formula is C21H24F3N5O2S. The summed E-state index contributed by atoms with van der Waals surface area (Å²) in [6.45, 7) is 2.81. The van der Waals surface area contributed by atoms with Crippen LogP contribution in [0.1, 0.15) is 33.1 Å². The van der Waals surface area contributed by atoms with Crippen LogP contribution in [0.5, 0.6) is 0 Å². The average molecular weight is 468 g/mol. The molecule has 7 nitrogen and oxygen atoms in total. The number of nitrogens with zero attached hydrogens (tertiary/aromatic N) is 5. The number of fused-ring (bicyclic) bond motifs is 3. The predicted octanol–water partition coefficient (Wildman–Crippen LogP) is 3.74. The van der Waals surface area contributed by atoms with Gasteiger partial charge >= 0.3 is 6.18 Å². The van der Waals surface area contributed by atoms with Gasteiger partial charge in [-0.1, -0.05) is 30.8 Å². The van der Waals surface area contributed by atoms with Gasteiger partial charge in [-0.25, -0.2) is 0 Å². The van der Waals surface area contributed by atoms with Gasteiger partial charge in [-0.3, -0.25) is 18.6 Å². The molecular weight excluding hydrogens is 443 g/mol.